The number of nitrogens with zero attached hydrogens (tertiary/aromatic N) is 1. The lowest BCUT2D eigenvalue weighted by molar-refractivity contribution is -0.136. The second kappa shape index (κ2) is 9.39. The van der Waals surface area contributed by atoms with E-state index in [4.69, 9.17) is 4.74 Å². The Bertz CT molecular complexity index is 633. The van der Waals surface area contributed by atoms with Gasteiger partial charge in [0.05, 0.1) is 13.2 Å². The zero-order valence-corrected chi connectivity index (χ0v) is 15.9. The van der Waals surface area contributed by atoms with Crippen LogP contribution in [0.5, 0.6) is 0 Å². The summed E-state index contributed by atoms with van der Waals surface area (Å²) in [6.07, 6.45) is 6.59. The Labute approximate surface area is 151 Å². The lowest BCUT2D eigenvalue weighted by atomic mass is 9.82. The summed E-state index contributed by atoms with van der Waals surface area (Å²) in [6, 6.07) is 2.15. The van der Waals surface area contributed by atoms with E-state index in [1.54, 1.807) is 12.2 Å². The number of methoxy groups -OCH3 is 1. The maximum Gasteiger partial charge on any atom is 0.334 e. The van der Waals surface area contributed by atoms with Gasteiger partial charge in [-0.25, -0.2) is 4.79 Å². The maximum atomic E-state index is 12.2. The molecular formula is C21H30N2O2. The van der Waals surface area contributed by atoms with E-state index in [-0.39, 0.29) is 11.5 Å². The highest BCUT2D eigenvalue weighted by Gasteiger charge is 2.28. The lowest BCUT2D eigenvalue weighted by Gasteiger charge is -2.26. The van der Waals surface area contributed by atoms with E-state index in [0.29, 0.717) is 17.6 Å². The number of carbonyl (C=O) groups is 1. The summed E-state index contributed by atoms with van der Waals surface area (Å²) in [6.45, 7) is 15.7. The van der Waals surface area contributed by atoms with E-state index >= 15 is 0 Å². The van der Waals surface area contributed by atoms with Gasteiger partial charge in [-0.15, -0.1) is 0 Å². The standard InChI is InChI=1S/C21H30N2O2/c1-7-21(4,5)23-12-8-9-15(2)19-16(3)13-17(14-22)10-11-18(19)20(24)25-6/h10-11,19,23H,2-3,7-9,12-13H2,1,4-6H3. The molecule has 0 fully saturated rings. The van der Waals surface area contributed by atoms with Crippen LogP contribution < -0.4 is 5.32 Å². The Kier molecular flexibility index (Phi) is 7.86. The SMILES string of the molecule is C=C(CCCNC(C)(C)CC)C1C(=C)CC(C#N)=CC=C1C(=O)OC. The van der Waals surface area contributed by atoms with Crippen LogP contribution in [0.1, 0.15) is 46.5 Å². The molecule has 25 heavy (non-hydrogen) atoms. The first-order valence-electron chi connectivity index (χ1n) is 8.75. The van der Waals surface area contributed by atoms with Crippen molar-refractivity contribution in [1.29, 1.82) is 5.26 Å². The number of allylic oxidation sites excluding steroid dienone is 5. The summed E-state index contributed by atoms with van der Waals surface area (Å²) in [5.41, 5.74) is 2.97. The van der Waals surface area contributed by atoms with Crippen LogP contribution in [0.15, 0.2) is 47.6 Å². The first-order valence-corrected chi connectivity index (χ1v) is 8.75. The lowest BCUT2D eigenvalue weighted by Crippen LogP contribution is -2.39. The Hall–Kier alpha value is -2.12. The fraction of sp³-hybridized carbons (Fsp3) is 0.524. The third kappa shape index (κ3) is 6.03. The van der Waals surface area contributed by atoms with E-state index < -0.39 is 5.97 Å². The Morgan fingerprint density at radius 3 is 2.72 bits per heavy atom. The number of esters is 1. The van der Waals surface area contributed by atoms with E-state index in [1.807, 2.05) is 0 Å². The van der Waals surface area contributed by atoms with Gasteiger partial charge < -0.3 is 10.1 Å². The Balaban J connectivity index is 2.82. The summed E-state index contributed by atoms with van der Waals surface area (Å²) in [7, 11) is 1.36. The smallest absolute Gasteiger partial charge is 0.334 e. The summed E-state index contributed by atoms with van der Waals surface area (Å²) in [5, 5.41) is 12.7. The van der Waals surface area contributed by atoms with Crippen molar-refractivity contribution in [2.45, 2.75) is 52.0 Å². The Morgan fingerprint density at radius 2 is 2.16 bits per heavy atom. The van der Waals surface area contributed by atoms with Crippen LogP contribution in [-0.2, 0) is 9.53 Å². The average Bonchev–Trinajstić information content (AvgIpc) is 2.76. The highest BCUT2D eigenvalue weighted by atomic mass is 16.5. The third-order valence-corrected chi connectivity index (χ3v) is 4.74. The topological polar surface area (TPSA) is 62.1 Å². The molecule has 0 aromatic heterocycles. The van der Waals surface area contributed by atoms with Crippen LogP contribution in [-0.4, -0.2) is 25.2 Å². The molecule has 1 unspecified atom stereocenters. The van der Waals surface area contributed by atoms with Gasteiger partial charge in [-0.2, -0.15) is 5.26 Å². The van der Waals surface area contributed by atoms with Crippen molar-refractivity contribution in [2.24, 2.45) is 5.92 Å². The van der Waals surface area contributed by atoms with Crippen molar-refractivity contribution in [3.63, 3.8) is 0 Å². The van der Waals surface area contributed by atoms with Gasteiger partial charge in [0.15, 0.2) is 0 Å². The second-order valence-corrected chi connectivity index (χ2v) is 7.11. The highest BCUT2D eigenvalue weighted by Crippen LogP contribution is 2.35. The van der Waals surface area contributed by atoms with Crippen molar-refractivity contribution in [2.75, 3.05) is 13.7 Å². The summed E-state index contributed by atoms with van der Waals surface area (Å²) >= 11 is 0. The molecule has 0 spiro atoms. The molecule has 1 aliphatic carbocycles. The predicted octanol–water partition coefficient (Wildman–Crippen LogP) is 4.23. The van der Waals surface area contributed by atoms with Gasteiger partial charge in [-0.1, -0.05) is 31.2 Å². The van der Waals surface area contributed by atoms with Crippen molar-refractivity contribution in [1.82, 2.24) is 5.32 Å². The molecule has 0 amide bonds. The monoisotopic (exact) mass is 342 g/mol. The molecule has 1 aliphatic rings. The van der Waals surface area contributed by atoms with Gasteiger partial charge in [0.2, 0.25) is 0 Å². The fourth-order valence-corrected chi connectivity index (χ4v) is 2.81. The molecule has 1 atom stereocenters. The molecule has 0 aromatic rings. The first kappa shape index (κ1) is 20.9. The number of hydrogen-bond acceptors (Lipinski definition) is 4. The molecule has 0 heterocycles. The van der Waals surface area contributed by atoms with Crippen molar-refractivity contribution in [3.05, 3.63) is 47.6 Å². The average molecular weight is 342 g/mol. The van der Waals surface area contributed by atoms with Crippen LogP contribution in [0, 0.1) is 17.2 Å². The second-order valence-electron chi connectivity index (χ2n) is 7.11. The summed E-state index contributed by atoms with van der Waals surface area (Å²) < 4.78 is 4.91. The van der Waals surface area contributed by atoms with Crippen LogP contribution in [0.25, 0.3) is 0 Å². The highest BCUT2D eigenvalue weighted by molar-refractivity contribution is 5.91. The molecule has 0 bridgehead atoms. The largest absolute Gasteiger partial charge is 0.466 e. The zero-order valence-electron chi connectivity index (χ0n) is 15.9. The molecule has 0 radical (unpaired) electrons. The number of nitrogens with one attached hydrogen (secondary N) is 1. The van der Waals surface area contributed by atoms with E-state index in [9.17, 15) is 10.1 Å². The third-order valence-electron chi connectivity index (χ3n) is 4.74. The Morgan fingerprint density at radius 1 is 1.48 bits per heavy atom. The van der Waals surface area contributed by atoms with Crippen molar-refractivity contribution >= 4 is 5.97 Å². The molecule has 0 aromatic carbocycles. The van der Waals surface area contributed by atoms with Crippen molar-refractivity contribution < 1.29 is 9.53 Å². The number of ether oxygens (including phenoxy) is 1. The number of rotatable bonds is 8. The van der Waals surface area contributed by atoms with E-state index in [0.717, 1.165) is 37.0 Å². The van der Waals surface area contributed by atoms with Gasteiger partial charge in [0.1, 0.15) is 0 Å². The summed E-state index contributed by atoms with van der Waals surface area (Å²) in [5.74, 6) is -0.665. The number of hydrogen-bond donors (Lipinski definition) is 1. The molecular weight excluding hydrogens is 312 g/mol. The quantitative estimate of drug-likeness (QED) is 0.407. The molecule has 0 saturated carbocycles. The van der Waals surface area contributed by atoms with Crippen LogP contribution in [0.4, 0.5) is 0 Å². The summed E-state index contributed by atoms with van der Waals surface area (Å²) in [4.78, 5) is 12.2. The van der Waals surface area contributed by atoms with Crippen molar-refractivity contribution in [3.8, 4) is 6.07 Å². The van der Waals surface area contributed by atoms with Gasteiger partial charge in [-0.05, 0) is 51.8 Å². The normalized spacial score (nSPS) is 17.9. The molecule has 4 heteroatoms. The van der Waals surface area contributed by atoms with Crippen LogP contribution in [0.2, 0.25) is 0 Å². The molecule has 4 nitrogen and oxygen atoms in total. The molecule has 1 N–H and O–H groups in total. The number of carbonyl (C=O) groups excluding carboxylic acids is 1. The molecule has 1 rings (SSSR count). The van der Waals surface area contributed by atoms with Gasteiger partial charge in [-0.3, -0.25) is 0 Å². The minimum atomic E-state index is -0.395. The van der Waals surface area contributed by atoms with Gasteiger partial charge in [0.25, 0.3) is 0 Å². The van der Waals surface area contributed by atoms with Crippen LogP contribution in [0.3, 0.4) is 0 Å². The zero-order chi connectivity index (χ0) is 19.0. The molecule has 0 aliphatic heterocycles. The van der Waals surface area contributed by atoms with Gasteiger partial charge in [0, 0.05) is 29.0 Å². The van der Waals surface area contributed by atoms with E-state index in [1.165, 1.54) is 7.11 Å². The minimum absolute atomic E-state index is 0.121. The van der Waals surface area contributed by atoms with E-state index in [2.05, 4.69) is 45.3 Å². The fourth-order valence-electron chi connectivity index (χ4n) is 2.81. The molecule has 0 saturated heterocycles. The first-order chi connectivity index (χ1) is 11.8. The number of nitriles is 1. The van der Waals surface area contributed by atoms with Gasteiger partial charge >= 0.3 is 5.97 Å². The van der Waals surface area contributed by atoms with Crippen LogP contribution >= 0.6 is 0 Å². The maximum absolute atomic E-state index is 12.2. The molecule has 136 valence electrons. The predicted molar refractivity (Wildman–Crippen MR) is 102 cm³/mol. The minimum Gasteiger partial charge on any atom is -0.466 e.